The summed E-state index contributed by atoms with van der Waals surface area (Å²) in [6.45, 7) is 10.8. The lowest BCUT2D eigenvalue weighted by atomic mass is 9.91. The fourth-order valence-electron chi connectivity index (χ4n) is 3.29. The van der Waals surface area contributed by atoms with Crippen LogP contribution in [0.2, 0.25) is 0 Å². The van der Waals surface area contributed by atoms with Crippen molar-refractivity contribution in [2.24, 2.45) is 0 Å². The standard InChI is InChI=1S/C22H23N3/c1-14-15(2)25-19(16-9-7-6-8-10-16)13-18-17(21(25)23-14)11-12-20(24-18)22(3,4)5/h6-13H,1-5H3. The zero-order valence-electron chi connectivity index (χ0n) is 15.5. The highest BCUT2D eigenvalue weighted by molar-refractivity contribution is 5.95. The normalized spacial score (nSPS) is 12.2. The van der Waals surface area contributed by atoms with E-state index < -0.39 is 0 Å². The number of fused-ring (bicyclic) bond motifs is 3. The minimum absolute atomic E-state index is 0.0223. The minimum Gasteiger partial charge on any atom is -0.296 e. The molecule has 3 heteroatoms. The predicted molar refractivity (Wildman–Crippen MR) is 104 cm³/mol. The van der Waals surface area contributed by atoms with Crippen molar-refractivity contribution < 1.29 is 0 Å². The van der Waals surface area contributed by atoms with E-state index in [9.17, 15) is 0 Å². The summed E-state index contributed by atoms with van der Waals surface area (Å²) < 4.78 is 2.26. The second kappa shape index (κ2) is 5.41. The quantitative estimate of drug-likeness (QED) is 0.464. The Morgan fingerprint density at radius 3 is 2.28 bits per heavy atom. The van der Waals surface area contributed by atoms with E-state index in [0.29, 0.717) is 0 Å². The zero-order valence-corrected chi connectivity index (χ0v) is 15.5. The van der Waals surface area contributed by atoms with E-state index in [1.165, 1.54) is 11.3 Å². The fraction of sp³-hybridized carbons (Fsp3) is 0.273. The molecule has 0 bridgehead atoms. The van der Waals surface area contributed by atoms with Crippen molar-refractivity contribution in [2.75, 3.05) is 0 Å². The Morgan fingerprint density at radius 2 is 1.60 bits per heavy atom. The Balaban J connectivity index is 2.14. The smallest absolute Gasteiger partial charge is 0.147 e. The van der Waals surface area contributed by atoms with Crippen LogP contribution in [-0.4, -0.2) is 14.4 Å². The lowest BCUT2D eigenvalue weighted by Crippen LogP contribution is -2.13. The van der Waals surface area contributed by atoms with Crippen LogP contribution >= 0.6 is 0 Å². The molecular formula is C22H23N3. The van der Waals surface area contributed by atoms with E-state index in [0.717, 1.165) is 33.6 Å². The van der Waals surface area contributed by atoms with Gasteiger partial charge in [0, 0.05) is 22.2 Å². The van der Waals surface area contributed by atoms with Crippen LogP contribution in [0.1, 0.15) is 37.9 Å². The SMILES string of the molecule is Cc1nc2c3ccc(C(C)(C)C)nc3cc(-c3ccccc3)n2c1C. The van der Waals surface area contributed by atoms with Crippen molar-refractivity contribution in [3.63, 3.8) is 0 Å². The van der Waals surface area contributed by atoms with Crippen LogP contribution in [0.25, 0.3) is 27.8 Å². The van der Waals surface area contributed by atoms with Crippen molar-refractivity contribution in [1.82, 2.24) is 14.4 Å². The van der Waals surface area contributed by atoms with Crippen molar-refractivity contribution >= 4 is 16.6 Å². The number of aromatic nitrogens is 3. The van der Waals surface area contributed by atoms with E-state index in [1.54, 1.807) is 0 Å². The molecule has 0 aliphatic heterocycles. The number of pyridine rings is 2. The molecule has 4 rings (SSSR count). The van der Waals surface area contributed by atoms with Gasteiger partial charge in [0.2, 0.25) is 0 Å². The highest BCUT2D eigenvalue weighted by Gasteiger charge is 2.19. The van der Waals surface area contributed by atoms with E-state index in [2.05, 4.69) is 81.5 Å². The van der Waals surface area contributed by atoms with Crippen LogP contribution in [0.4, 0.5) is 0 Å². The average Bonchev–Trinajstić information content (AvgIpc) is 2.89. The van der Waals surface area contributed by atoms with Crippen LogP contribution < -0.4 is 0 Å². The molecule has 3 nitrogen and oxygen atoms in total. The summed E-state index contributed by atoms with van der Waals surface area (Å²) in [7, 11) is 0. The zero-order chi connectivity index (χ0) is 17.8. The molecule has 126 valence electrons. The largest absolute Gasteiger partial charge is 0.296 e. The van der Waals surface area contributed by atoms with Gasteiger partial charge in [0.25, 0.3) is 0 Å². The summed E-state index contributed by atoms with van der Waals surface area (Å²) in [4.78, 5) is 9.81. The first kappa shape index (κ1) is 15.8. The van der Waals surface area contributed by atoms with E-state index in [4.69, 9.17) is 9.97 Å². The summed E-state index contributed by atoms with van der Waals surface area (Å²) in [5.74, 6) is 0. The molecule has 25 heavy (non-hydrogen) atoms. The van der Waals surface area contributed by atoms with Crippen LogP contribution in [-0.2, 0) is 5.41 Å². The molecule has 1 aromatic carbocycles. The molecule has 0 saturated carbocycles. The third-order valence-electron chi connectivity index (χ3n) is 4.86. The molecule has 0 aliphatic carbocycles. The lowest BCUT2D eigenvalue weighted by molar-refractivity contribution is 0.571. The van der Waals surface area contributed by atoms with Gasteiger partial charge in [0.05, 0.1) is 16.9 Å². The number of imidazole rings is 1. The molecule has 0 unspecified atom stereocenters. The molecule has 0 saturated heterocycles. The Morgan fingerprint density at radius 1 is 0.880 bits per heavy atom. The van der Waals surface area contributed by atoms with Crippen LogP contribution in [0.3, 0.4) is 0 Å². The Bertz CT molecular complexity index is 1080. The van der Waals surface area contributed by atoms with Gasteiger partial charge in [-0.2, -0.15) is 0 Å². The monoisotopic (exact) mass is 329 g/mol. The third kappa shape index (κ3) is 2.51. The molecule has 0 aliphatic rings. The second-order valence-corrected chi connectivity index (χ2v) is 7.72. The average molecular weight is 329 g/mol. The highest BCUT2D eigenvalue weighted by Crippen LogP contribution is 2.31. The molecule has 0 radical (unpaired) electrons. The van der Waals surface area contributed by atoms with Gasteiger partial charge in [-0.25, -0.2) is 4.98 Å². The topological polar surface area (TPSA) is 30.2 Å². The molecule has 0 spiro atoms. The van der Waals surface area contributed by atoms with Gasteiger partial charge < -0.3 is 0 Å². The Hall–Kier alpha value is -2.68. The lowest BCUT2D eigenvalue weighted by Gasteiger charge is -2.18. The first-order valence-corrected chi connectivity index (χ1v) is 8.71. The number of hydrogen-bond donors (Lipinski definition) is 0. The van der Waals surface area contributed by atoms with Crippen molar-refractivity contribution in [3.8, 4) is 11.3 Å². The summed E-state index contributed by atoms with van der Waals surface area (Å²) in [5.41, 5.74) is 7.67. The van der Waals surface area contributed by atoms with E-state index >= 15 is 0 Å². The van der Waals surface area contributed by atoms with E-state index in [-0.39, 0.29) is 5.41 Å². The molecule has 0 N–H and O–H groups in total. The summed E-state index contributed by atoms with van der Waals surface area (Å²) in [6, 6.07) is 17.0. The maximum atomic E-state index is 4.97. The van der Waals surface area contributed by atoms with Gasteiger partial charge in [0.15, 0.2) is 0 Å². The third-order valence-corrected chi connectivity index (χ3v) is 4.86. The molecular weight excluding hydrogens is 306 g/mol. The van der Waals surface area contributed by atoms with Crippen molar-refractivity contribution in [1.29, 1.82) is 0 Å². The van der Waals surface area contributed by atoms with Crippen LogP contribution in [0, 0.1) is 13.8 Å². The highest BCUT2D eigenvalue weighted by atomic mass is 15.0. The molecule has 0 atom stereocenters. The predicted octanol–water partition coefficient (Wildman–Crippen LogP) is 5.46. The van der Waals surface area contributed by atoms with Crippen LogP contribution in [0.15, 0.2) is 48.5 Å². The molecule has 3 aromatic heterocycles. The summed E-state index contributed by atoms with van der Waals surface area (Å²) >= 11 is 0. The fourth-order valence-corrected chi connectivity index (χ4v) is 3.29. The molecule has 0 fully saturated rings. The number of nitrogens with zero attached hydrogens (tertiary/aromatic N) is 3. The van der Waals surface area contributed by atoms with Gasteiger partial charge in [-0.1, -0.05) is 51.1 Å². The Kier molecular flexibility index (Phi) is 3.43. The molecule has 4 aromatic rings. The van der Waals surface area contributed by atoms with Gasteiger partial charge in [-0.3, -0.25) is 9.38 Å². The Labute approximate surface area is 148 Å². The molecule has 3 heterocycles. The second-order valence-electron chi connectivity index (χ2n) is 7.72. The van der Waals surface area contributed by atoms with Gasteiger partial charge >= 0.3 is 0 Å². The minimum atomic E-state index is 0.0223. The van der Waals surface area contributed by atoms with Crippen molar-refractivity contribution in [2.45, 2.75) is 40.0 Å². The van der Waals surface area contributed by atoms with Crippen LogP contribution in [0.5, 0.6) is 0 Å². The van der Waals surface area contributed by atoms with Crippen molar-refractivity contribution in [3.05, 3.63) is 65.6 Å². The number of rotatable bonds is 1. The van der Waals surface area contributed by atoms with Gasteiger partial charge in [0.1, 0.15) is 5.65 Å². The maximum absolute atomic E-state index is 4.97. The van der Waals surface area contributed by atoms with Gasteiger partial charge in [-0.05, 0) is 37.6 Å². The van der Waals surface area contributed by atoms with E-state index in [1.807, 2.05) is 6.07 Å². The molecule has 0 amide bonds. The first-order valence-electron chi connectivity index (χ1n) is 8.71. The maximum Gasteiger partial charge on any atom is 0.147 e. The summed E-state index contributed by atoms with van der Waals surface area (Å²) in [6.07, 6.45) is 0. The first-order chi connectivity index (χ1) is 11.9. The summed E-state index contributed by atoms with van der Waals surface area (Å²) in [5, 5.41) is 1.10. The number of hydrogen-bond acceptors (Lipinski definition) is 2. The van der Waals surface area contributed by atoms with Gasteiger partial charge in [-0.15, -0.1) is 0 Å². The number of aryl methyl sites for hydroxylation is 2. The number of benzene rings is 1.